The van der Waals surface area contributed by atoms with E-state index in [9.17, 15) is 4.79 Å². The van der Waals surface area contributed by atoms with Crippen molar-refractivity contribution >= 4 is 5.91 Å². The average Bonchev–Trinajstić information content (AvgIpc) is 3.05. The van der Waals surface area contributed by atoms with Crippen molar-refractivity contribution in [2.75, 3.05) is 13.1 Å². The van der Waals surface area contributed by atoms with Crippen LogP contribution in [-0.4, -0.2) is 39.5 Å². The van der Waals surface area contributed by atoms with E-state index in [1.54, 1.807) is 0 Å². The highest BCUT2D eigenvalue weighted by Crippen LogP contribution is 2.11. The second kappa shape index (κ2) is 6.19. The van der Waals surface area contributed by atoms with Gasteiger partial charge in [-0.1, -0.05) is 0 Å². The summed E-state index contributed by atoms with van der Waals surface area (Å²) >= 11 is 0. The van der Waals surface area contributed by atoms with Crippen LogP contribution in [0.5, 0.6) is 0 Å². The first-order valence-corrected chi connectivity index (χ1v) is 7.12. The van der Waals surface area contributed by atoms with E-state index in [4.69, 9.17) is 0 Å². The van der Waals surface area contributed by atoms with Gasteiger partial charge in [0.25, 0.3) is 0 Å². The fourth-order valence-corrected chi connectivity index (χ4v) is 2.49. The molecule has 1 amide bonds. The van der Waals surface area contributed by atoms with Gasteiger partial charge in [0.05, 0.1) is 18.1 Å². The lowest BCUT2D eigenvalue weighted by Crippen LogP contribution is -2.43. The molecular formula is C14H24N4O. The third kappa shape index (κ3) is 3.35. The Morgan fingerprint density at radius 3 is 2.68 bits per heavy atom. The molecular weight excluding hydrogens is 240 g/mol. The normalized spacial score (nSPS) is 17.2. The van der Waals surface area contributed by atoms with Crippen molar-refractivity contribution in [3.8, 4) is 0 Å². The van der Waals surface area contributed by atoms with Crippen LogP contribution in [0.1, 0.15) is 45.3 Å². The highest BCUT2D eigenvalue weighted by molar-refractivity contribution is 5.81. The molecule has 5 nitrogen and oxygen atoms in total. The first-order valence-electron chi connectivity index (χ1n) is 7.12. The molecule has 0 radical (unpaired) electrons. The van der Waals surface area contributed by atoms with Gasteiger partial charge in [0, 0.05) is 31.9 Å². The van der Waals surface area contributed by atoms with E-state index < -0.39 is 0 Å². The maximum Gasteiger partial charge on any atom is 0.239 e. The van der Waals surface area contributed by atoms with E-state index in [2.05, 4.69) is 28.7 Å². The van der Waals surface area contributed by atoms with Gasteiger partial charge in [-0.15, -0.1) is 0 Å². The first-order chi connectivity index (χ1) is 9.09. The smallest absolute Gasteiger partial charge is 0.239 e. The Balaban J connectivity index is 1.87. The number of rotatable bonds is 5. The maximum absolute atomic E-state index is 12.2. The van der Waals surface area contributed by atoms with Crippen LogP contribution in [0.3, 0.4) is 0 Å². The van der Waals surface area contributed by atoms with Gasteiger partial charge in [0.1, 0.15) is 0 Å². The van der Waals surface area contributed by atoms with Crippen molar-refractivity contribution < 1.29 is 4.79 Å². The molecule has 1 saturated heterocycles. The standard InChI is InChI=1S/C14H24N4O/c1-11(2)18-10-15-8-13(18)9-16-12(3)14(19)17-6-4-5-7-17/h8,10-12,16H,4-7,9H2,1-3H3. The van der Waals surface area contributed by atoms with Crippen molar-refractivity contribution in [2.24, 2.45) is 0 Å². The first kappa shape index (κ1) is 14.1. The second-order valence-corrected chi connectivity index (χ2v) is 5.52. The summed E-state index contributed by atoms with van der Waals surface area (Å²) in [7, 11) is 0. The summed E-state index contributed by atoms with van der Waals surface area (Å²) in [6.45, 7) is 8.70. The number of carbonyl (C=O) groups is 1. The molecule has 0 saturated carbocycles. The van der Waals surface area contributed by atoms with Gasteiger partial charge in [-0.3, -0.25) is 4.79 Å². The van der Waals surface area contributed by atoms with Gasteiger partial charge in [0.15, 0.2) is 0 Å². The number of amides is 1. The third-order valence-electron chi connectivity index (χ3n) is 3.68. The molecule has 106 valence electrons. The van der Waals surface area contributed by atoms with Gasteiger partial charge in [0.2, 0.25) is 5.91 Å². The summed E-state index contributed by atoms with van der Waals surface area (Å²) in [5, 5.41) is 3.30. The molecule has 2 rings (SSSR count). The van der Waals surface area contributed by atoms with Gasteiger partial charge in [-0.05, 0) is 33.6 Å². The third-order valence-corrected chi connectivity index (χ3v) is 3.68. The molecule has 0 bridgehead atoms. The Labute approximate surface area is 115 Å². The van der Waals surface area contributed by atoms with Crippen molar-refractivity contribution in [1.82, 2.24) is 19.8 Å². The largest absolute Gasteiger partial charge is 0.341 e. The monoisotopic (exact) mass is 264 g/mol. The summed E-state index contributed by atoms with van der Waals surface area (Å²) in [5.41, 5.74) is 1.12. The van der Waals surface area contributed by atoms with Crippen LogP contribution < -0.4 is 5.32 Å². The van der Waals surface area contributed by atoms with Crippen LogP contribution in [0.4, 0.5) is 0 Å². The molecule has 0 aliphatic carbocycles. The van der Waals surface area contributed by atoms with Crippen LogP contribution in [0.25, 0.3) is 0 Å². The minimum atomic E-state index is -0.131. The number of imidazole rings is 1. The molecule has 1 atom stereocenters. The van der Waals surface area contributed by atoms with E-state index in [1.165, 1.54) is 0 Å². The molecule has 1 aromatic heterocycles. The Morgan fingerprint density at radius 1 is 1.37 bits per heavy atom. The molecule has 19 heavy (non-hydrogen) atoms. The fraction of sp³-hybridized carbons (Fsp3) is 0.714. The molecule has 5 heteroatoms. The van der Waals surface area contributed by atoms with Crippen LogP contribution in [0, 0.1) is 0 Å². The number of hydrogen-bond donors (Lipinski definition) is 1. The Kier molecular flexibility index (Phi) is 4.58. The van der Waals surface area contributed by atoms with Crippen molar-refractivity contribution in [1.29, 1.82) is 0 Å². The molecule has 2 heterocycles. The van der Waals surface area contributed by atoms with E-state index >= 15 is 0 Å². The lowest BCUT2D eigenvalue weighted by molar-refractivity contribution is -0.132. The van der Waals surface area contributed by atoms with Crippen LogP contribution in [-0.2, 0) is 11.3 Å². The number of nitrogens with one attached hydrogen (secondary N) is 1. The zero-order chi connectivity index (χ0) is 13.8. The quantitative estimate of drug-likeness (QED) is 0.878. The predicted molar refractivity (Wildman–Crippen MR) is 74.7 cm³/mol. The number of nitrogens with zero attached hydrogens (tertiary/aromatic N) is 3. The van der Waals surface area contributed by atoms with Crippen LogP contribution in [0.2, 0.25) is 0 Å². The highest BCUT2D eigenvalue weighted by Gasteiger charge is 2.22. The van der Waals surface area contributed by atoms with Crippen molar-refractivity contribution in [3.63, 3.8) is 0 Å². The van der Waals surface area contributed by atoms with Crippen molar-refractivity contribution in [3.05, 3.63) is 18.2 Å². The van der Waals surface area contributed by atoms with Gasteiger partial charge in [-0.25, -0.2) is 4.98 Å². The summed E-state index contributed by atoms with van der Waals surface area (Å²) < 4.78 is 2.13. The van der Waals surface area contributed by atoms with Crippen LogP contribution >= 0.6 is 0 Å². The Morgan fingerprint density at radius 2 is 2.05 bits per heavy atom. The number of hydrogen-bond acceptors (Lipinski definition) is 3. The highest BCUT2D eigenvalue weighted by atomic mass is 16.2. The summed E-state index contributed by atoms with van der Waals surface area (Å²) in [5.74, 6) is 0.216. The molecule has 1 aliphatic heterocycles. The molecule has 0 aromatic carbocycles. The van der Waals surface area contributed by atoms with E-state index in [1.807, 2.05) is 24.3 Å². The topological polar surface area (TPSA) is 50.2 Å². The minimum absolute atomic E-state index is 0.131. The SMILES string of the molecule is CC(NCc1cncn1C(C)C)C(=O)N1CCCC1. The molecule has 1 N–H and O–H groups in total. The van der Waals surface area contributed by atoms with E-state index in [-0.39, 0.29) is 11.9 Å². The molecule has 1 unspecified atom stereocenters. The van der Waals surface area contributed by atoms with Gasteiger partial charge in [-0.2, -0.15) is 0 Å². The summed E-state index contributed by atoms with van der Waals surface area (Å²) in [4.78, 5) is 18.3. The zero-order valence-corrected chi connectivity index (χ0v) is 12.1. The van der Waals surface area contributed by atoms with Gasteiger partial charge >= 0.3 is 0 Å². The average molecular weight is 264 g/mol. The summed E-state index contributed by atoms with van der Waals surface area (Å²) in [6.07, 6.45) is 5.98. The maximum atomic E-state index is 12.2. The molecule has 0 spiro atoms. The molecule has 1 aromatic rings. The van der Waals surface area contributed by atoms with Gasteiger partial charge < -0.3 is 14.8 Å². The predicted octanol–water partition coefficient (Wildman–Crippen LogP) is 1.56. The summed E-state index contributed by atoms with van der Waals surface area (Å²) in [6, 6.07) is 0.262. The van der Waals surface area contributed by atoms with E-state index in [0.29, 0.717) is 12.6 Å². The zero-order valence-electron chi connectivity index (χ0n) is 12.1. The minimum Gasteiger partial charge on any atom is -0.341 e. The molecule has 1 aliphatic rings. The number of carbonyl (C=O) groups excluding carboxylic acids is 1. The number of likely N-dealkylation sites (tertiary alicyclic amines) is 1. The van der Waals surface area contributed by atoms with E-state index in [0.717, 1.165) is 31.6 Å². The Bertz CT molecular complexity index is 421. The van der Waals surface area contributed by atoms with Crippen LogP contribution in [0.15, 0.2) is 12.5 Å². The lowest BCUT2D eigenvalue weighted by atomic mass is 10.2. The molecule has 1 fully saturated rings. The van der Waals surface area contributed by atoms with Crippen molar-refractivity contribution in [2.45, 2.75) is 52.2 Å². The second-order valence-electron chi connectivity index (χ2n) is 5.52. The fourth-order valence-electron chi connectivity index (χ4n) is 2.49. The number of aromatic nitrogens is 2. The lowest BCUT2D eigenvalue weighted by Gasteiger charge is -2.21. The Hall–Kier alpha value is -1.36.